The second kappa shape index (κ2) is 6.10. The zero-order chi connectivity index (χ0) is 17.5. The molecule has 0 saturated carbocycles. The van der Waals surface area contributed by atoms with Crippen LogP contribution in [0.1, 0.15) is 33.3 Å². The Kier molecular flexibility index (Phi) is 4.40. The molecule has 1 aliphatic heterocycles. The van der Waals surface area contributed by atoms with Crippen molar-refractivity contribution in [1.29, 1.82) is 0 Å². The Balaban J connectivity index is 1.88. The summed E-state index contributed by atoms with van der Waals surface area (Å²) in [5.41, 5.74) is 0.0536. The number of rotatable bonds is 3. The second-order valence-corrected chi connectivity index (χ2v) is 7.65. The van der Waals surface area contributed by atoms with E-state index in [2.05, 4.69) is 0 Å². The maximum absolute atomic E-state index is 14.6. The Morgan fingerprint density at radius 2 is 1.79 bits per heavy atom. The Morgan fingerprint density at radius 3 is 2.38 bits per heavy atom. The van der Waals surface area contributed by atoms with Gasteiger partial charge in [-0.2, -0.15) is 11.3 Å². The normalized spacial score (nSPS) is 19.8. The minimum Gasteiger partial charge on any atom is -0.398 e. The molecule has 0 spiro atoms. The number of hydrogen-bond donors (Lipinski definition) is 0. The highest BCUT2D eigenvalue weighted by atomic mass is 32.1. The predicted octanol–water partition coefficient (Wildman–Crippen LogP) is 5.50. The SMILES string of the molecule is CC1(C)OB(C(F)=Cc2ccc(F)c(-c3ccsc3)c2)OC1(C)C. The van der Waals surface area contributed by atoms with Crippen LogP contribution in [0.2, 0.25) is 0 Å². The molecule has 0 atom stereocenters. The fraction of sp³-hybridized carbons (Fsp3) is 0.333. The highest BCUT2D eigenvalue weighted by Crippen LogP contribution is 2.39. The van der Waals surface area contributed by atoms with Crippen molar-refractivity contribution in [2.75, 3.05) is 0 Å². The maximum atomic E-state index is 14.6. The molecular formula is C18H19BF2O2S. The number of thiophene rings is 1. The first-order valence-electron chi connectivity index (χ1n) is 7.74. The lowest BCUT2D eigenvalue weighted by molar-refractivity contribution is 0.00578. The van der Waals surface area contributed by atoms with E-state index in [1.165, 1.54) is 29.5 Å². The Hall–Kier alpha value is -1.50. The van der Waals surface area contributed by atoms with Crippen molar-refractivity contribution < 1.29 is 18.1 Å². The minimum absolute atomic E-state index is 0.332. The number of hydrogen-bond acceptors (Lipinski definition) is 3. The molecule has 6 heteroatoms. The van der Waals surface area contributed by atoms with Gasteiger partial charge in [0, 0.05) is 5.56 Å². The lowest BCUT2D eigenvalue weighted by Crippen LogP contribution is -2.41. The molecule has 0 aliphatic carbocycles. The fourth-order valence-corrected chi connectivity index (χ4v) is 3.11. The van der Waals surface area contributed by atoms with Gasteiger partial charge in [0.25, 0.3) is 0 Å². The lowest BCUT2D eigenvalue weighted by atomic mass is 9.86. The quantitative estimate of drug-likeness (QED) is 0.683. The summed E-state index contributed by atoms with van der Waals surface area (Å²) >= 11 is 1.49. The van der Waals surface area contributed by atoms with Crippen LogP contribution < -0.4 is 0 Å². The summed E-state index contributed by atoms with van der Waals surface area (Å²) in [7, 11) is -1.05. The molecule has 1 aliphatic rings. The molecule has 24 heavy (non-hydrogen) atoms. The monoisotopic (exact) mass is 348 g/mol. The van der Waals surface area contributed by atoms with Crippen LogP contribution in [0.5, 0.6) is 0 Å². The van der Waals surface area contributed by atoms with Gasteiger partial charge in [-0.15, -0.1) is 0 Å². The molecule has 0 radical (unpaired) electrons. The van der Waals surface area contributed by atoms with E-state index in [4.69, 9.17) is 9.31 Å². The largest absolute Gasteiger partial charge is 0.525 e. The van der Waals surface area contributed by atoms with Crippen molar-refractivity contribution in [3.05, 3.63) is 52.1 Å². The van der Waals surface area contributed by atoms with Crippen molar-refractivity contribution in [3.63, 3.8) is 0 Å². The molecule has 0 bridgehead atoms. The predicted molar refractivity (Wildman–Crippen MR) is 94.9 cm³/mol. The van der Waals surface area contributed by atoms with Crippen LogP contribution in [-0.2, 0) is 9.31 Å². The summed E-state index contributed by atoms with van der Waals surface area (Å²) in [6.07, 6.45) is 1.33. The summed E-state index contributed by atoms with van der Waals surface area (Å²) in [6, 6.07) is 6.34. The molecule has 3 rings (SSSR count). The van der Waals surface area contributed by atoms with Crippen LogP contribution in [0, 0.1) is 5.82 Å². The van der Waals surface area contributed by atoms with Crippen LogP contribution in [0.15, 0.2) is 40.8 Å². The van der Waals surface area contributed by atoms with E-state index in [0.29, 0.717) is 11.1 Å². The van der Waals surface area contributed by atoms with E-state index in [0.717, 1.165) is 5.56 Å². The summed E-state index contributed by atoms with van der Waals surface area (Å²) in [4.78, 5) is 0. The fourth-order valence-electron chi connectivity index (χ4n) is 2.45. The van der Waals surface area contributed by atoms with Crippen molar-refractivity contribution in [1.82, 2.24) is 0 Å². The summed E-state index contributed by atoms with van der Waals surface area (Å²) < 4.78 is 40.0. The molecular weight excluding hydrogens is 329 g/mol. The third-order valence-corrected chi connectivity index (χ3v) is 5.29. The number of benzene rings is 1. The van der Waals surface area contributed by atoms with Gasteiger partial charge in [0.05, 0.1) is 11.2 Å². The smallest absolute Gasteiger partial charge is 0.398 e. The molecule has 2 heterocycles. The second-order valence-electron chi connectivity index (χ2n) is 6.87. The van der Waals surface area contributed by atoms with E-state index in [1.54, 1.807) is 6.07 Å². The molecule has 2 aromatic rings. The zero-order valence-corrected chi connectivity index (χ0v) is 14.9. The van der Waals surface area contributed by atoms with Crippen LogP contribution in [0.4, 0.5) is 8.78 Å². The van der Waals surface area contributed by atoms with Gasteiger partial charge in [0.15, 0.2) is 0 Å². The van der Waals surface area contributed by atoms with E-state index >= 15 is 0 Å². The average Bonchev–Trinajstić information content (AvgIpc) is 3.08. The molecule has 1 saturated heterocycles. The molecule has 1 aromatic carbocycles. The lowest BCUT2D eigenvalue weighted by Gasteiger charge is -2.32. The Morgan fingerprint density at radius 1 is 1.12 bits per heavy atom. The first-order chi connectivity index (χ1) is 11.2. The number of halogens is 2. The van der Waals surface area contributed by atoms with Gasteiger partial charge in [-0.05, 0) is 73.9 Å². The molecule has 2 nitrogen and oxygen atoms in total. The highest BCUT2D eigenvalue weighted by molar-refractivity contribution is 7.08. The van der Waals surface area contributed by atoms with Crippen LogP contribution in [0.25, 0.3) is 17.2 Å². The van der Waals surface area contributed by atoms with Crippen LogP contribution in [0.3, 0.4) is 0 Å². The van der Waals surface area contributed by atoms with Crippen molar-refractivity contribution in [2.45, 2.75) is 38.9 Å². The molecule has 0 amide bonds. The van der Waals surface area contributed by atoms with E-state index in [9.17, 15) is 8.78 Å². The molecule has 126 valence electrons. The van der Waals surface area contributed by atoms with E-state index in [1.807, 2.05) is 44.5 Å². The molecule has 0 unspecified atom stereocenters. The standard InChI is InChI=1S/C18H19BF2O2S/c1-17(2)18(3,4)23-19(22-17)16(21)10-12-5-6-15(20)14(9-12)13-7-8-24-11-13/h5-11H,1-4H3. The van der Waals surface area contributed by atoms with Crippen LogP contribution in [-0.4, -0.2) is 18.3 Å². The van der Waals surface area contributed by atoms with Gasteiger partial charge < -0.3 is 9.31 Å². The van der Waals surface area contributed by atoms with Crippen molar-refractivity contribution >= 4 is 24.5 Å². The van der Waals surface area contributed by atoms with E-state index in [-0.39, 0.29) is 5.82 Å². The van der Waals surface area contributed by atoms with Crippen LogP contribution >= 0.6 is 11.3 Å². The van der Waals surface area contributed by atoms with Gasteiger partial charge in [0.1, 0.15) is 11.5 Å². The topological polar surface area (TPSA) is 18.5 Å². The third kappa shape index (κ3) is 3.18. The summed E-state index contributed by atoms with van der Waals surface area (Å²) in [6.45, 7) is 7.47. The molecule has 1 aromatic heterocycles. The molecule has 1 fully saturated rings. The van der Waals surface area contributed by atoms with E-state index < -0.39 is 24.0 Å². The van der Waals surface area contributed by atoms with Gasteiger partial charge in [0.2, 0.25) is 0 Å². The summed E-state index contributed by atoms with van der Waals surface area (Å²) in [5.74, 6) is -0.332. The van der Waals surface area contributed by atoms with Gasteiger partial charge in [-0.3, -0.25) is 0 Å². The van der Waals surface area contributed by atoms with Gasteiger partial charge in [-0.25, -0.2) is 8.78 Å². The summed E-state index contributed by atoms with van der Waals surface area (Å²) in [5, 5.41) is 3.73. The average molecular weight is 348 g/mol. The maximum Gasteiger partial charge on any atom is 0.525 e. The van der Waals surface area contributed by atoms with Crippen molar-refractivity contribution in [2.24, 2.45) is 0 Å². The van der Waals surface area contributed by atoms with Crippen molar-refractivity contribution in [3.8, 4) is 11.1 Å². The minimum atomic E-state index is -1.05. The first kappa shape index (κ1) is 17.3. The highest BCUT2D eigenvalue weighted by Gasteiger charge is 2.53. The molecule has 0 N–H and O–H groups in total. The van der Waals surface area contributed by atoms with Gasteiger partial charge in [-0.1, -0.05) is 6.07 Å². The Bertz CT molecular complexity index is 753. The zero-order valence-electron chi connectivity index (χ0n) is 14.1. The Labute approximate surface area is 145 Å². The first-order valence-corrected chi connectivity index (χ1v) is 8.69. The van der Waals surface area contributed by atoms with Gasteiger partial charge >= 0.3 is 7.12 Å². The third-order valence-electron chi connectivity index (χ3n) is 4.61.